The van der Waals surface area contributed by atoms with Gasteiger partial charge in [0.25, 0.3) is 0 Å². The summed E-state index contributed by atoms with van der Waals surface area (Å²) < 4.78 is 13.9. The van der Waals surface area contributed by atoms with Crippen molar-refractivity contribution in [3.8, 4) is 0 Å². The summed E-state index contributed by atoms with van der Waals surface area (Å²) in [6.07, 6.45) is 1.40. The lowest BCUT2D eigenvalue weighted by Crippen LogP contribution is -2.48. The Balaban J connectivity index is 0.00000441. The van der Waals surface area contributed by atoms with Crippen LogP contribution in [0.3, 0.4) is 0 Å². The molecule has 0 radical (unpaired) electrons. The minimum absolute atomic E-state index is 0. The van der Waals surface area contributed by atoms with Gasteiger partial charge in [-0.3, -0.25) is 4.79 Å². The van der Waals surface area contributed by atoms with Gasteiger partial charge in [-0.05, 0) is 24.5 Å². The maximum absolute atomic E-state index is 13.9. The molecule has 0 spiro atoms. The van der Waals surface area contributed by atoms with Crippen molar-refractivity contribution in [1.29, 1.82) is 0 Å². The van der Waals surface area contributed by atoms with Gasteiger partial charge >= 0.3 is 0 Å². The molecule has 0 bridgehead atoms. The van der Waals surface area contributed by atoms with Crippen molar-refractivity contribution < 1.29 is 9.18 Å². The van der Waals surface area contributed by atoms with Gasteiger partial charge < -0.3 is 11.1 Å². The molecule has 0 aliphatic heterocycles. The van der Waals surface area contributed by atoms with Crippen LogP contribution in [0.25, 0.3) is 0 Å². The fraction of sp³-hybridized carbons (Fsp3) is 0.588. The van der Waals surface area contributed by atoms with Crippen LogP contribution in [0, 0.1) is 11.2 Å². The molecular weight excluding hydrogens is 303 g/mol. The molecule has 1 aromatic carbocycles. The predicted molar refractivity (Wildman–Crippen MR) is 91.8 cm³/mol. The molecule has 0 heterocycles. The molecule has 22 heavy (non-hydrogen) atoms. The summed E-state index contributed by atoms with van der Waals surface area (Å²) in [6, 6.07) is 6.68. The highest BCUT2D eigenvalue weighted by molar-refractivity contribution is 5.85. The number of benzene rings is 1. The molecule has 0 aromatic heterocycles. The SMILES string of the molecule is CCC(CC)(CN)C(=O)NCC(C)(C)c1ccccc1F.Cl. The van der Waals surface area contributed by atoms with Crippen molar-refractivity contribution in [1.82, 2.24) is 5.32 Å². The van der Waals surface area contributed by atoms with Gasteiger partial charge in [0.15, 0.2) is 0 Å². The van der Waals surface area contributed by atoms with Gasteiger partial charge in [-0.2, -0.15) is 0 Å². The molecule has 1 aromatic rings. The van der Waals surface area contributed by atoms with Crippen LogP contribution in [0.5, 0.6) is 0 Å². The Labute approximate surface area is 139 Å². The maximum atomic E-state index is 13.9. The van der Waals surface area contributed by atoms with E-state index in [1.807, 2.05) is 33.8 Å². The number of carbonyl (C=O) groups is 1. The average Bonchev–Trinajstić information content (AvgIpc) is 2.48. The quantitative estimate of drug-likeness (QED) is 0.805. The first-order valence-corrected chi connectivity index (χ1v) is 7.56. The Morgan fingerprint density at radius 2 is 1.77 bits per heavy atom. The van der Waals surface area contributed by atoms with Crippen LogP contribution in [0.1, 0.15) is 46.1 Å². The normalized spacial score (nSPS) is 11.7. The van der Waals surface area contributed by atoms with E-state index in [4.69, 9.17) is 5.73 Å². The van der Waals surface area contributed by atoms with Crippen molar-refractivity contribution in [2.24, 2.45) is 11.1 Å². The van der Waals surface area contributed by atoms with Gasteiger partial charge in [0, 0.05) is 18.5 Å². The van der Waals surface area contributed by atoms with E-state index in [9.17, 15) is 9.18 Å². The second kappa shape index (κ2) is 8.49. The molecular formula is C17H28ClFN2O. The first-order chi connectivity index (χ1) is 9.83. The Kier molecular flexibility index (Phi) is 8.05. The number of hydrogen-bond acceptors (Lipinski definition) is 2. The van der Waals surface area contributed by atoms with E-state index in [0.29, 0.717) is 31.5 Å². The van der Waals surface area contributed by atoms with E-state index in [0.717, 1.165) is 0 Å². The second-order valence-electron chi connectivity index (χ2n) is 6.24. The fourth-order valence-electron chi connectivity index (χ4n) is 2.55. The highest BCUT2D eigenvalue weighted by atomic mass is 35.5. The van der Waals surface area contributed by atoms with E-state index < -0.39 is 10.8 Å². The molecule has 0 saturated carbocycles. The largest absolute Gasteiger partial charge is 0.355 e. The molecule has 5 heteroatoms. The number of amides is 1. The van der Waals surface area contributed by atoms with Crippen LogP contribution in [-0.4, -0.2) is 19.0 Å². The Hall–Kier alpha value is -1.13. The van der Waals surface area contributed by atoms with Gasteiger partial charge in [0.2, 0.25) is 5.91 Å². The van der Waals surface area contributed by atoms with E-state index in [2.05, 4.69) is 5.32 Å². The third-order valence-electron chi connectivity index (χ3n) is 4.52. The standard InChI is InChI=1S/C17H27FN2O.ClH/c1-5-17(6-2,11-19)15(21)20-12-16(3,4)13-9-7-8-10-14(13)18;/h7-10H,5-6,11-12,19H2,1-4H3,(H,20,21);1H. The number of halogens is 2. The number of hydrogen-bond donors (Lipinski definition) is 2. The third kappa shape index (κ3) is 4.43. The zero-order valence-corrected chi connectivity index (χ0v) is 14.7. The van der Waals surface area contributed by atoms with E-state index >= 15 is 0 Å². The van der Waals surface area contributed by atoms with Crippen LogP contribution >= 0.6 is 12.4 Å². The van der Waals surface area contributed by atoms with Crippen molar-refractivity contribution in [2.75, 3.05) is 13.1 Å². The Bertz CT molecular complexity index is 479. The minimum atomic E-state index is -0.523. The Morgan fingerprint density at radius 1 is 1.23 bits per heavy atom. The lowest BCUT2D eigenvalue weighted by molar-refractivity contribution is -0.131. The highest BCUT2D eigenvalue weighted by Crippen LogP contribution is 2.28. The average molecular weight is 331 g/mol. The van der Waals surface area contributed by atoms with Gasteiger partial charge in [-0.25, -0.2) is 4.39 Å². The zero-order valence-electron chi connectivity index (χ0n) is 13.9. The summed E-state index contributed by atoms with van der Waals surface area (Å²) in [6.45, 7) is 8.50. The van der Waals surface area contributed by atoms with E-state index in [1.54, 1.807) is 12.1 Å². The predicted octanol–water partition coefficient (Wildman–Crippen LogP) is 3.41. The smallest absolute Gasteiger partial charge is 0.227 e. The molecule has 0 unspecified atom stereocenters. The molecule has 1 amide bonds. The summed E-state index contributed by atoms with van der Waals surface area (Å²) in [5, 5.41) is 2.96. The lowest BCUT2D eigenvalue weighted by Gasteiger charge is -2.32. The van der Waals surface area contributed by atoms with E-state index in [-0.39, 0.29) is 24.1 Å². The zero-order chi connectivity index (χ0) is 16.1. The molecule has 0 fully saturated rings. The minimum Gasteiger partial charge on any atom is -0.355 e. The van der Waals surface area contributed by atoms with Gasteiger partial charge in [-0.15, -0.1) is 12.4 Å². The third-order valence-corrected chi connectivity index (χ3v) is 4.52. The number of nitrogens with one attached hydrogen (secondary N) is 1. The molecule has 126 valence electrons. The highest BCUT2D eigenvalue weighted by Gasteiger charge is 2.34. The second-order valence-corrected chi connectivity index (χ2v) is 6.24. The van der Waals surface area contributed by atoms with Crippen LogP contribution in [0.15, 0.2) is 24.3 Å². The van der Waals surface area contributed by atoms with Crippen molar-refractivity contribution >= 4 is 18.3 Å². The number of rotatable bonds is 7. The molecule has 3 nitrogen and oxygen atoms in total. The summed E-state index contributed by atoms with van der Waals surface area (Å²) in [5.41, 5.74) is 5.40. The van der Waals surface area contributed by atoms with Gasteiger partial charge in [0.1, 0.15) is 5.82 Å². The molecule has 0 aliphatic rings. The summed E-state index contributed by atoms with van der Waals surface area (Å²) in [5.74, 6) is -0.285. The van der Waals surface area contributed by atoms with Gasteiger partial charge in [-0.1, -0.05) is 45.9 Å². The number of nitrogens with two attached hydrogens (primary N) is 1. The number of carbonyl (C=O) groups excluding carboxylic acids is 1. The molecule has 0 atom stereocenters. The van der Waals surface area contributed by atoms with Crippen LogP contribution in [-0.2, 0) is 10.2 Å². The van der Waals surface area contributed by atoms with Crippen LogP contribution in [0.4, 0.5) is 4.39 Å². The first kappa shape index (κ1) is 20.9. The lowest BCUT2D eigenvalue weighted by atomic mass is 9.80. The first-order valence-electron chi connectivity index (χ1n) is 7.56. The topological polar surface area (TPSA) is 55.1 Å². The monoisotopic (exact) mass is 330 g/mol. The van der Waals surface area contributed by atoms with Crippen molar-refractivity contribution in [3.63, 3.8) is 0 Å². The summed E-state index contributed by atoms with van der Waals surface area (Å²) >= 11 is 0. The van der Waals surface area contributed by atoms with Crippen LogP contribution < -0.4 is 11.1 Å². The fourth-order valence-corrected chi connectivity index (χ4v) is 2.55. The Morgan fingerprint density at radius 3 is 2.23 bits per heavy atom. The van der Waals surface area contributed by atoms with Crippen molar-refractivity contribution in [2.45, 2.75) is 46.0 Å². The van der Waals surface area contributed by atoms with E-state index in [1.165, 1.54) is 6.07 Å². The molecule has 1 rings (SSSR count). The summed E-state index contributed by atoms with van der Waals surface area (Å²) in [7, 11) is 0. The molecule has 0 saturated heterocycles. The molecule has 0 aliphatic carbocycles. The van der Waals surface area contributed by atoms with Crippen LogP contribution in [0.2, 0.25) is 0 Å². The van der Waals surface area contributed by atoms with Gasteiger partial charge in [0.05, 0.1) is 5.41 Å². The van der Waals surface area contributed by atoms with Crippen molar-refractivity contribution in [3.05, 3.63) is 35.6 Å². The maximum Gasteiger partial charge on any atom is 0.227 e. The summed E-state index contributed by atoms with van der Waals surface area (Å²) in [4.78, 5) is 12.4. The molecule has 3 N–H and O–H groups in total.